The summed E-state index contributed by atoms with van der Waals surface area (Å²) in [5.41, 5.74) is 0.982. The molecule has 146 valence electrons. The second-order valence-electron chi connectivity index (χ2n) is 6.81. The molecule has 1 fully saturated rings. The third-order valence-electron chi connectivity index (χ3n) is 4.88. The lowest BCUT2D eigenvalue weighted by Gasteiger charge is -2.38. The van der Waals surface area contributed by atoms with Gasteiger partial charge in [-0.05, 0) is 20.2 Å². The van der Waals surface area contributed by atoms with Crippen molar-refractivity contribution >= 4 is 6.03 Å². The third kappa shape index (κ3) is 5.86. The van der Waals surface area contributed by atoms with E-state index >= 15 is 0 Å². The minimum Gasteiger partial charge on any atom is -0.496 e. The van der Waals surface area contributed by atoms with E-state index in [1.807, 2.05) is 24.3 Å². The van der Waals surface area contributed by atoms with Crippen LogP contribution in [0.4, 0.5) is 4.79 Å². The van der Waals surface area contributed by atoms with Gasteiger partial charge >= 0.3 is 6.03 Å². The summed E-state index contributed by atoms with van der Waals surface area (Å²) in [6.45, 7) is 5.19. The molecule has 26 heavy (non-hydrogen) atoms. The fourth-order valence-electron chi connectivity index (χ4n) is 3.13. The van der Waals surface area contributed by atoms with Crippen molar-refractivity contribution in [1.82, 2.24) is 20.0 Å². The highest BCUT2D eigenvalue weighted by Gasteiger charge is 2.23. The molecule has 0 aliphatic carbocycles. The summed E-state index contributed by atoms with van der Waals surface area (Å²) in [6.07, 6.45) is 0. The quantitative estimate of drug-likeness (QED) is 0.749. The number of likely N-dealkylation sites (N-methyl/N-ethyl adjacent to an activating group) is 2. The number of methoxy groups -OCH3 is 2. The van der Waals surface area contributed by atoms with Crippen molar-refractivity contribution in [2.45, 2.75) is 12.6 Å². The first-order chi connectivity index (χ1) is 12.5. The van der Waals surface area contributed by atoms with Crippen molar-refractivity contribution in [3.63, 3.8) is 0 Å². The maximum absolute atomic E-state index is 12.8. The van der Waals surface area contributed by atoms with E-state index in [9.17, 15) is 4.79 Å². The number of urea groups is 1. The number of carbonyl (C=O) groups excluding carboxylic acids is 1. The molecular weight excluding hydrogens is 332 g/mol. The number of para-hydroxylation sites is 1. The van der Waals surface area contributed by atoms with Gasteiger partial charge in [-0.25, -0.2) is 4.79 Å². The van der Waals surface area contributed by atoms with Crippen LogP contribution in [0.3, 0.4) is 0 Å². The van der Waals surface area contributed by atoms with Gasteiger partial charge in [0.05, 0.1) is 20.3 Å². The third-order valence-corrected chi connectivity index (χ3v) is 4.88. The largest absolute Gasteiger partial charge is 0.496 e. The predicted octanol–water partition coefficient (Wildman–Crippen LogP) is 1.10. The van der Waals surface area contributed by atoms with Crippen LogP contribution in [0.15, 0.2) is 24.3 Å². The maximum Gasteiger partial charge on any atom is 0.317 e. The number of hydrogen-bond acceptors (Lipinski definition) is 5. The van der Waals surface area contributed by atoms with Gasteiger partial charge in [0.1, 0.15) is 5.75 Å². The van der Waals surface area contributed by atoms with Crippen molar-refractivity contribution < 1.29 is 14.3 Å². The van der Waals surface area contributed by atoms with Gasteiger partial charge in [-0.15, -0.1) is 0 Å². The highest BCUT2D eigenvalue weighted by Crippen LogP contribution is 2.19. The van der Waals surface area contributed by atoms with Crippen LogP contribution in [-0.4, -0.2) is 94.4 Å². The zero-order valence-electron chi connectivity index (χ0n) is 16.4. The second-order valence-corrected chi connectivity index (χ2v) is 6.81. The van der Waals surface area contributed by atoms with Crippen LogP contribution in [0, 0.1) is 0 Å². The molecule has 0 unspecified atom stereocenters. The van der Waals surface area contributed by atoms with Crippen LogP contribution in [0.25, 0.3) is 0 Å². The van der Waals surface area contributed by atoms with E-state index in [-0.39, 0.29) is 6.03 Å². The summed E-state index contributed by atoms with van der Waals surface area (Å²) in [7, 11) is 7.52. The number of piperazine rings is 1. The molecule has 1 aliphatic rings. The van der Waals surface area contributed by atoms with Crippen molar-refractivity contribution in [2.24, 2.45) is 0 Å². The maximum atomic E-state index is 12.8. The molecule has 1 atom stereocenters. The summed E-state index contributed by atoms with van der Waals surface area (Å²) >= 11 is 0. The summed E-state index contributed by atoms with van der Waals surface area (Å²) in [5, 5.41) is 3.09. The van der Waals surface area contributed by atoms with Gasteiger partial charge in [-0.2, -0.15) is 0 Å². The van der Waals surface area contributed by atoms with E-state index in [4.69, 9.17) is 9.47 Å². The van der Waals surface area contributed by atoms with Gasteiger partial charge < -0.3 is 24.6 Å². The molecule has 0 aromatic heterocycles. The minimum atomic E-state index is -0.0745. The zero-order valence-corrected chi connectivity index (χ0v) is 16.4. The van der Waals surface area contributed by atoms with E-state index < -0.39 is 0 Å². The Balaban J connectivity index is 1.97. The Labute approximate surface area is 156 Å². The number of nitrogens with one attached hydrogen (secondary N) is 1. The number of ether oxygens (including phenoxy) is 2. The zero-order chi connectivity index (χ0) is 18.9. The molecule has 0 spiro atoms. The number of rotatable bonds is 8. The standard InChI is InChI=1S/C19H32N4O3/c1-21-9-10-22(2)17(15-21)13-20-19(24)23(11-12-25-3)14-16-7-5-6-8-18(16)26-4/h5-8,17H,9-15H2,1-4H3,(H,20,24)/t17-/m1/s1. The molecule has 0 saturated carbocycles. The number of amides is 2. The molecule has 0 bridgehead atoms. The van der Waals surface area contributed by atoms with Crippen molar-refractivity contribution in [1.29, 1.82) is 0 Å². The van der Waals surface area contributed by atoms with Gasteiger partial charge in [-0.1, -0.05) is 18.2 Å². The van der Waals surface area contributed by atoms with Gasteiger partial charge in [0.25, 0.3) is 0 Å². The average molecular weight is 364 g/mol. The Hall–Kier alpha value is -1.83. The summed E-state index contributed by atoms with van der Waals surface area (Å²) in [6, 6.07) is 8.03. The topological polar surface area (TPSA) is 57.3 Å². The monoisotopic (exact) mass is 364 g/mol. The first-order valence-electron chi connectivity index (χ1n) is 9.07. The van der Waals surface area contributed by atoms with Crippen LogP contribution >= 0.6 is 0 Å². The molecule has 2 rings (SSSR count). The molecule has 1 aromatic carbocycles. The molecule has 1 N–H and O–H groups in total. The molecule has 1 heterocycles. The highest BCUT2D eigenvalue weighted by atomic mass is 16.5. The van der Waals surface area contributed by atoms with Crippen LogP contribution in [0.1, 0.15) is 5.56 Å². The van der Waals surface area contributed by atoms with Crippen LogP contribution < -0.4 is 10.1 Å². The molecule has 7 nitrogen and oxygen atoms in total. The lowest BCUT2D eigenvalue weighted by atomic mass is 10.2. The molecule has 7 heteroatoms. The normalized spacial score (nSPS) is 18.5. The van der Waals surface area contributed by atoms with Crippen LogP contribution in [-0.2, 0) is 11.3 Å². The van der Waals surface area contributed by atoms with Crippen molar-refractivity contribution in [2.75, 3.05) is 67.6 Å². The van der Waals surface area contributed by atoms with E-state index in [1.165, 1.54) is 0 Å². The minimum absolute atomic E-state index is 0.0745. The summed E-state index contributed by atoms with van der Waals surface area (Å²) in [4.78, 5) is 19.1. The van der Waals surface area contributed by atoms with Gasteiger partial charge in [0.2, 0.25) is 0 Å². The molecule has 0 radical (unpaired) electrons. The fourth-order valence-corrected chi connectivity index (χ4v) is 3.13. The number of carbonyl (C=O) groups is 1. The predicted molar refractivity (Wildman–Crippen MR) is 103 cm³/mol. The van der Waals surface area contributed by atoms with Crippen molar-refractivity contribution in [3.8, 4) is 5.75 Å². The Morgan fingerprint density at radius 1 is 1.27 bits per heavy atom. The lowest BCUT2D eigenvalue weighted by Crippen LogP contribution is -2.55. The van der Waals surface area contributed by atoms with E-state index in [1.54, 1.807) is 19.1 Å². The summed E-state index contributed by atoms with van der Waals surface area (Å²) in [5.74, 6) is 0.788. The highest BCUT2D eigenvalue weighted by molar-refractivity contribution is 5.74. The van der Waals surface area contributed by atoms with Crippen LogP contribution in [0.5, 0.6) is 5.75 Å². The Bertz CT molecular complexity index is 569. The van der Waals surface area contributed by atoms with E-state index in [0.717, 1.165) is 30.9 Å². The second kappa shape index (κ2) is 10.4. The van der Waals surface area contributed by atoms with Crippen LogP contribution in [0.2, 0.25) is 0 Å². The smallest absolute Gasteiger partial charge is 0.317 e. The molecule has 2 amide bonds. The first-order valence-corrected chi connectivity index (χ1v) is 9.07. The molecule has 1 aromatic rings. The molecule has 1 aliphatic heterocycles. The number of hydrogen-bond donors (Lipinski definition) is 1. The summed E-state index contributed by atoms with van der Waals surface area (Å²) < 4.78 is 10.6. The Morgan fingerprint density at radius 2 is 2.04 bits per heavy atom. The first kappa shape index (κ1) is 20.5. The van der Waals surface area contributed by atoms with Gasteiger partial charge in [0, 0.05) is 51.4 Å². The van der Waals surface area contributed by atoms with Gasteiger partial charge in [0.15, 0.2) is 0 Å². The average Bonchev–Trinajstić information content (AvgIpc) is 2.65. The Morgan fingerprint density at radius 3 is 2.77 bits per heavy atom. The number of nitrogens with zero attached hydrogens (tertiary/aromatic N) is 3. The van der Waals surface area contributed by atoms with Gasteiger partial charge in [-0.3, -0.25) is 4.90 Å². The fraction of sp³-hybridized carbons (Fsp3) is 0.632. The van der Waals surface area contributed by atoms with E-state index in [0.29, 0.717) is 32.3 Å². The van der Waals surface area contributed by atoms with Crippen molar-refractivity contribution in [3.05, 3.63) is 29.8 Å². The molecular formula is C19H32N4O3. The molecule has 1 saturated heterocycles. The Kier molecular flexibility index (Phi) is 8.15. The van der Waals surface area contributed by atoms with E-state index in [2.05, 4.69) is 29.2 Å². The number of benzene rings is 1. The lowest BCUT2D eigenvalue weighted by molar-refractivity contribution is 0.110. The SMILES string of the molecule is COCCN(Cc1ccccc1OC)C(=O)NC[C@@H]1CN(C)CCN1C.